The van der Waals surface area contributed by atoms with Gasteiger partial charge < -0.3 is 25.5 Å². The molecule has 0 aromatic rings. The first-order valence-electron chi connectivity index (χ1n) is 3.48. The fraction of sp³-hybridized carbons (Fsp3) is 0.667. The lowest BCUT2D eigenvalue weighted by Crippen LogP contribution is -2.60. The summed E-state index contributed by atoms with van der Waals surface area (Å²) in [5.74, 6) is -1.82. The summed E-state index contributed by atoms with van der Waals surface area (Å²) in [5.41, 5.74) is 1.96. The summed E-state index contributed by atoms with van der Waals surface area (Å²) < 4.78 is 0. The van der Waals surface area contributed by atoms with Crippen LogP contribution in [-0.4, -0.2) is 61.8 Å². The van der Waals surface area contributed by atoms with Crippen molar-refractivity contribution >= 4 is 12.3 Å². The molecule has 0 bridgehead atoms. The van der Waals surface area contributed by atoms with Gasteiger partial charge in [0, 0.05) is 0 Å². The van der Waals surface area contributed by atoms with Crippen LogP contribution in [0.25, 0.3) is 0 Å². The van der Waals surface area contributed by atoms with Crippen LogP contribution in [0.1, 0.15) is 0 Å². The normalized spacial score (nSPS) is 21.8. The molecule has 0 aromatic heterocycles. The predicted molar refractivity (Wildman–Crippen MR) is 40.9 cm³/mol. The highest BCUT2D eigenvalue weighted by Crippen LogP contribution is 2.09. The Bertz CT molecular complexity index is 228. The van der Waals surface area contributed by atoms with E-state index >= 15 is 0 Å². The second kappa shape index (κ2) is 4.44. The topological polar surface area (TPSA) is 161 Å². The Kier molecular flexibility index (Phi) is 4.10. The molecule has 0 aliphatic heterocycles. The van der Waals surface area contributed by atoms with Crippen molar-refractivity contribution in [3.63, 3.8) is 0 Å². The number of aliphatic carboxylic acids is 1. The van der Waals surface area contributed by atoms with E-state index in [1.54, 1.807) is 0 Å². The molecular weight excluding hydrogens is 198 g/mol. The number of aldehydes is 1. The van der Waals surface area contributed by atoms with Crippen LogP contribution in [0.3, 0.4) is 0 Å². The van der Waals surface area contributed by atoms with Gasteiger partial charge in [-0.2, -0.15) is 0 Å². The molecule has 0 aliphatic carbocycles. The van der Waals surface area contributed by atoms with Gasteiger partial charge in [0.15, 0.2) is 18.1 Å². The Balaban J connectivity index is 4.61. The third-order valence-electron chi connectivity index (χ3n) is 1.56. The van der Waals surface area contributed by atoms with Crippen molar-refractivity contribution in [2.24, 2.45) is 5.73 Å². The van der Waals surface area contributed by atoms with Gasteiger partial charge >= 0.3 is 5.97 Å². The van der Waals surface area contributed by atoms with Crippen LogP contribution < -0.4 is 5.73 Å². The molecule has 82 valence electrons. The first-order chi connectivity index (χ1) is 6.24. The van der Waals surface area contributed by atoms with Crippen LogP contribution >= 0.6 is 0 Å². The summed E-state index contributed by atoms with van der Waals surface area (Å²) in [4.78, 5) is 20.2. The van der Waals surface area contributed by atoms with Crippen molar-refractivity contribution in [3.05, 3.63) is 0 Å². The van der Waals surface area contributed by atoms with Gasteiger partial charge in [-0.05, 0) is 0 Å². The number of nitrogens with two attached hydrogens (primary N) is 1. The summed E-state index contributed by atoms with van der Waals surface area (Å²) in [6.07, 6.45) is -7.20. The molecule has 0 radical (unpaired) electrons. The maximum absolute atomic E-state index is 10.1. The fourth-order valence-electron chi connectivity index (χ4n) is 0.662. The maximum Gasteiger partial charge on any atom is 0.335 e. The third kappa shape index (κ3) is 2.72. The Labute approximate surface area is 78.2 Å². The van der Waals surface area contributed by atoms with Gasteiger partial charge in [0.25, 0.3) is 0 Å². The number of hydrogen-bond acceptors (Lipinski definition) is 7. The van der Waals surface area contributed by atoms with Crippen LogP contribution in [0.5, 0.6) is 0 Å². The summed E-state index contributed by atoms with van der Waals surface area (Å²) in [6.45, 7) is 0. The highest BCUT2D eigenvalue weighted by Gasteiger charge is 2.41. The lowest BCUT2D eigenvalue weighted by Gasteiger charge is -2.28. The van der Waals surface area contributed by atoms with Crippen molar-refractivity contribution in [2.75, 3.05) is 0 Å². The zero-order valence-corrected chi connectivity index (χ0v) is 6.94. The quantitative estimate of drug-likeness (QED) is 0.197. The van der Waals surface area contributed by atoms with Crippen molar-refractivity contribution < 1.29 is 35.1 Å². The lowest BCUT2D eigenvalue weighted by atomic mass is 9.99. The van der Waals surface area contributed by atoms with Crippen LogP contribution in [0, 0.1) is 0 Å². The molecular formula is C6H11NO7. The fourth-order valence-corrected chi connectivity index (χ4v) is 0.662. The third-order valence-corrected chi connectivity index (χ3v) is 1.56. The summed E-state index contributed by atoms with van der Waals surface area (Å²) >= 11 is 0. The highest BCUT2D eigenvalue weighted by atomic mass is 16.4. The monoisotopic (exact) mass is 209 g/mol. The molecule has 0 saturated heterocycles. The molecule has 0 fully saturated rings. The molecule has 0 aliphatic rings. The SMILES string of the molecule is N[C@](O)(C=O)[C@@H](O)[C@@H](O)[C@H](O)C(=O)O. The maximum atomic E-state index is 10.1. The molecule has 0 unspecified atom stereocenters. The van der Waals surface area contributed by atoms with E-state index in [-0.39, 0.29) is 6.29 Å². The van der Waals surface area contributed by atoms with Crippen LogP contribution in [0.4, 0.5) is 0 Å². The van der Waals surface area contributed by atoms with Crippen LogP contribution in [0.2, 0.25) is 0 Å². The number of carbonyl (C=O) groups excluding carboxylic acids is 1. The molecule has 0 saturated carbocycles. The van der Waals surface area contributed by atoms with Gasteiger partial charge in [-0.25, -0.2) is 4.79 Å². The number of hydrogen-bond donors (Lipinski definition) is 6. The zero-order valence-electron chi connectivity index (χ0n) is 6.94. The van der Waals surface area contributed by atoms with Gasteiger partial charge in [-0.3, -0.25) is 10.5 Å². The first kappa shape index (κ1) is 12.9. The van der Waals surface area contributed by atoms with E-state index < -0.39 is 30.0 Å². The Morgan fingerprint density at radius 1 is 1.36 bits per heavy atom. The van der Waals surface area contributed by atoms with Gasteiger partial charge in [-0.15, -0.1) is 0 Å². The van der Waals surface area contributed by atoms with E-state index in [4.69, 9.17) is 31.3 Å². The van der Waals surface area contributed by atoms with Crippen molar-refractivity contribution in [2.45, 2.75) is 24.0 Å². The number of carboxylic acids is 1. The number of carboxylic acid groups (broad SMARTS) is 1. The van der Waals surface area contributed by atoms with E-state index in [2.05, 4.69) is 0 Å². The van der Waals surface area contributed by atoms with E-state index in [1.807, 2.05) is 0 Å². The number of aliphatic hydroxyl groups is 4. The molecule has 0 aromatic carbocycles. The summed E-state index contributed by atoms with van der Waals surface area (Å²) in [5, 5.41) is 43.8. The van der Waals surface area contributed by atoms with Crippen molar-refractivity contribution in [1.29, 1.82) is 0 Å². The van der Waals surface area contributed by atoms with Crippen LogP contribution in [0.15, 0.2) is 0 Å². The summed E-state index contributed by atoms with van der Waals surface area (Å²) in [7, 11) is 0. The molecule has 0 rings (SSSR count). The Morgan fingerprint density at radius 3 is 2.07 bits per heavy atom. The zero-order chi connectivity index (χ0) is 11.5. The lowest BCUT2D eigenvalue weighted by molar-refractivity contribution is -0.175. The second-order valence-electron chi connectivity index (χ2n) is 2.72. The minimum absolute atomic E-state index is 0.282. The molecule has 0 heterocycles. The smallest absolute Gasteiger partial charge is 0.335 e. The van der Waals surface area contributed by atoms with Gasteiger partial charge in [0.2, 0.25) is 0 Å². The minimum Gasteiger partial charge on any atom is -0.479 e. The minimum atomic E-state index is -2.81. The number of carbonyl (C=O) groups is 2. The van der Waals surface area contributed by atoms with E-state index in [0.29, 0.717) is 0 Å². The number of aliphatic hydroxyl groups excluding tert-OH is 3. The molecule has 0 spiro atoms. The van der Waals surface area contributed by atoms with Gasteiger partial charge in [0.05, 0.1) is 0 Å². The van der Waals surface area contributed by atoms with Gasteiger partial charge in [0.1, 0.15) is 12.2 Å². The molecule has 8 heteroatoms. The first-order valence-corrected chi connectivity index (χ1v) is 3.48. The average Bonchev–Trinajstić information content (AvgIpc) is 2.14. The predicted octanol–water partition coefficient (Wildman–Crippen LogP) is -4.00. The standard InChI is InChI=1S/C6H11NO7/c7-6(14,1-8)4(11)2(9)3(10)5(12)13/h1-4,9-11,14H,7H2,(H,12,13)/t2-,3-,4-,6-/m0/s1. The summed E-state index contributed by atoms with van der Waals surface area (Å²) in [6, 6.07) is 0. The Morgan fingerprint density at radius 2 is 1.79 bits per heavy atom. The van der Waals surface area contributed by atoms with Crippen molar-refractivity contribution in [3.8, 4) is 0 Å². The largest absolute Gasteiger partial charge is 0.479 e. The molecule has 8 nitrogen and oxygen atoms in total. The molecule has 4 atom stereocenters. The van der Waals surface area contributed by atoms with Crippen molar-refractivity contribution in [1.82, 2.24) is 0 Å². The average molecular weight is 209 g/mol. The Hall–Kier alpha value is -1.06. The molecule has 14 heavy (non-hydrogen) atoms. The van der Waals surface area contributed by atoms with Crippen LogP contribution in [-0.2, 0) is 9.59 Å². The number of rotatable bonds is 5. The van der Waals surface area contributed by atoms with E-state index in [1.165, 1.54) is 0 Å². The van der Waals surface area contributed by atoms with Gasteiger partial charge in [-0.1, -0.05) is 0 Å². The molecule has 0 amide bonds. The molecule has 7 N–H and O–H groups in total. The van der Waals surface area contributed by atoms with E-state index in [9.17, 15) is 9.59 Å². The second-order valence-corrected chi connectivity index (χ2v) is 2.72. The highest BCUT2D eigenvalue weighted by molar-refractivity contribution is 5.73. The van der Waals surface area contributed by atoms with E-state index in [0.717, 1.165) is 0 Å².